The highest BCUT2D eigenvalue weighted by Gasteiger charge is 2.41. The lowest BCUT2D eigenvalue weighted by Gasteiger charge is -2.35. The number of hydrogen-bond acceptors (Lipinski definition) is 19. The normalized spacial score (nSPS) is 11.4. The van der Waals surface area contributed by atoms with Crippen LogP contribution >= 0.6 is 75.8 Å². The van der Waals surface area contributed by atoms with Crippen LogP contribution in [0.15, 0.2) is 0 Å². The molecular weight excluding hydrogens is 809 g/mol. The lowest BCUT2D eigenvalue weighted by molar-refractivity contribution is -0.175. The lowest BCUT2D eigenvalue weighted by Crippen LogP contribution is -2.47. The van der Waals surface area contributed by atoms with Crippen molar-refractivity contribution in [3.05, 3.63) is 0 Å². The van der Waals surface area contributed by atoms with Gasteiger partial charge in [0, 0.05) is 38.5 Å². The van der Waals surface area contributed by atoms with Crippen molar-refractivity contribution in [1.82, 2.24) is 0 Å². The summed E-state index contributed by atoms with van der Waals surface area (Å²) in [5, 5.41) is 0. The van der Waals surface area contributed by atoms with Gasteiger partial charge in [-0.15, -0.1) is 0 Å². The van der Waals surface area contributed by atoms with Crippen LogP contribution in [-0.4, -0.2) is 123 Å². The van der Waals surface area contributed by atoms with Crippen LogP contribution in [-0.2, 0) is 61.9 Å². The van der Waals surface area contributed by atoms with Gasteiger partial charge in [0.25, 0.3) is 0 Å². The molecule has 0 bridgehead atoms. The molecule has 0 atom stereocenters. The fourth-order valence-corrected chi connectivity index (χ4v) is 5.11. The van der Waals surface area contributed by atoms with Crippen LogP contribution in [0.5, 0.6) is 0 Å². The minimum atomic E-state index is -1.40. The van der Waals surface area contributed by atoms with Gasteiger partial charge in [0.1, 0.15) is 39.6 Å². The Morgan fingerprint density at radius 1 is 0.302 bits per heavy atom. The Balaban J connectivity index is 6.63. The van der Waals surface area contributed by atoms with E-state index in [9.17, 15) is 28.8 Å². The number of rotatable bonds is 34. The van der Waals surface area contributed by atoms with E-state index in [1.54, 1.807) is 0 Å². The Hall–Kier alpha value is -1.12. The van der Waals surface area contributed by atoms with Crippen molar-refractivity contribution in [2.24, 2.45) is 10.8 Å². The van der Waals surface area contributed by atoms with E-state index >= 15 is 0 Å². The zero-order valence-corrected chi connectivity index (χ0v) is 35.7. The molecule has 19 heteroatoms. The quantitative estimate of drug-likeness (QED) is 0.0305. The van der Waals surface area contributed by atoms with Crippen molar-refractivity contribution in [2.45, 2.75) is 77.0 Å². The predicted octanol–water partition coefficient (Wildman–Crippen LogP) is 4.50. The van der Waals surface area contributed by atoms with E-state index in [1.807, 2.05) is 0 Å². The van der Waals surface area contributed by atoms with Crippen molar-refractivity contribution in [3.8, 4) is 0 Å². The van der Waals surface area contributed by atoms with E-state index < -0.39 is 46.6 Å². The molecule has 13 nitrogen and oxygen atoms in total. The van der Waals surface area contributed by atoms with Crippen LogP contribution in [0.2, 0.25) is 0 Å². The molecule has 0 aromatic heterocycles. The molecule has 0 aliphatic carbocycles. The van der Waals surface area contributed by atoms with Crippen LogP contribution in [0.25, 0.3) is 0 Å². The minimum absolute atomic E-state index is 0.0722. The lowest BCUT2D eigenvalue weighted by atomic mass is 9.90. The number of carbonyl (C=O) groups is 6. The zero-order valence-electron chi connectivity index (χ0n) is 30.4. The van der Waals surface area contributed by atoms with Gasteiger partial charge >= 0.3 is 35.8 Å². The predicted molar refractivity (Wildman–Crippen MR) is 220 cm³/mol. The van der Waals surface area contributed by atoms with Crippen LogP contribution in [0.1, 0.15) is 77.0 Å². The van der Waals surface area contributed by atoms with E-state index in [-0.39, 0.29) is 91.4 Å². The first-order valence-corrected chi connectivity index (χ1v) is 21.4. The summed E-state index contributed by atoms with van der Waals surface area (Å²) in [4.78, 5) is 75.7. The molecule has 308 valence electrons. The first-order chi connectivity index (χ1) is 25.4. The molecular formula is C34H58O13S6. The van der Waals surface area contributed by atoms with E-state index in [1.165, 1.54) is 0 Å². The Morgan fingerprint density at radius 3 is 0.623 bits per heavy atom. The highest BCUT2D eigenvalue weighted by Crippen LogP contribution is 2.27. The second-order valence-electron chi connectivity index (χ2n) is 12.4. The Bertz CT molecular complexity index is 866. The van der Waals surface area contributed by atoms with Crippen molar-refractivity contribution in [1.29, 1.82) is 0 Å². The Labute approximate surface area is 346 Å². The summed E-state index contributed by atoms with van der Waals surface area (Å²) >= 11 is 24.9. The van der Waals surface area contributed by atoms with Crippen LogP contribution in [0.3, 0.4) is 0 Å². The molecule has 0 aliphatic heterocycles. The molecule has 0 N–H and O–H groups in total. The third-order valence-corrected chi connectivity index (χ3v) is 9.18. The highest BCUT2D eigenvalue weighted by atomic mass is 32.1. The van der Waals surface area contributed by atoms with E-state index in [0.717, 1.165) is 0 Å². The number of thiol groups is 6. The molecule has 0 heterocycles. The van der Waals surface area contributed by atoms with Crippen LogP contribution < -0.4 is 0 Å². The SMILES string of the molecule is O=C(CCCS)OCC(COCC(COC(=O)CCCS)(COC(=O)CCCS)COC(=O)CCCS)(COC(=O)CCCS)COC(=O)CCCS. The van der Waals surface area contributed by atoms with Crippen molar-refractivity contribution >= 4 is 112 Å². The molecule has 0 saturated carbocycles. The monoisotopic (exact) mass is 866 g/mol. The van der Waals surface area contributed by atoms with Crippen molar-refractivity contribution < 1.29 is 61.9 Å². The maximum absolute atomic E-state index is 12.6. The Morgan fingerprint density at radius 2 is 0.472 bits per heavy atom. The van der Waals surface area contributed by atoms with Gasteiger partial charge in [0.05, 0.1) is 24.0 Å². The molecule has 0 radical (unpaired) electrons. The van der Waals surface area contributed by atoms with E-state index in [4.69, 9.17) is 33.2 Å². The standard InChI is InChI=1S/C34H58O13S6/c35-27(7-1-13-48)42-21-33(22-43-28(36)8-2-14-49,23-44-29(37)9-3-15-50)19-41-20-34(24-45-30(38)10-4-16-51,25-46-31(39)11-5-17-52)26-47-32(40)12-6-18-53/h48-53H,1-26H2. The van der Waals surface area contributed by atoms with Crippen LogP contribution in [0.4, 0.5) is 0 Å². The molecule has 0 aliphatic rings. The average Bonchev–Trinajstić information content (AvgIpc) is 3.16. The maximum Gasteiger partial charge on any atom is 0.305 e. The first-order valence-electron chi connectivity index (χ1n) is 17.6. The number of ether oxygens (including phenoxy) is 7. The summed E-state index contributed by atoms with van der Waals surface area (Å²) in [6.07, 6.45) is 3.17. The highest BCUT2D eigenvalue weighted by molar-refractivity contribution is 7.81. The summed E-state index contributed by atoms with van der Waals surface area (Å²) in [6, 6.07) is 0. The zero-order chi connectivity index (χ0) is 39.8. The summed E-state index contributed by atoms with van der Waals surface area (Å²) in [5.41, 5.74) is -2.79. The molecule has 0 fully saturated rings. The van der Waals surface area contributed by atoms with Crippen molar-refractivity contribution in [2.75, 3.05) is 87.4 Å². The smallest absolute Gasteiger partial charge is 0.305 e. The average molecular weight is 867 g/mol. The van der Waals surface area contributed by atoms with Gasteiger partial charge in [-0.05, 0) is 73.0 Å². The fourth-order valence-electron chi connectivity index (χ4n) is 4.16. The van der Waals surface area contributed by atoms with Gasteiger partial charge < -0.3 is 33.2 Å². The molecule has 0 spiro atoms. The molecule has 0 amide bonds. The summed E-state index contributed by atoms with van der Waals surface area (Å²) in [6.45, 7) is -2.79. The maximum atomic E-state index is 12.6. The largest absolute Gasteiger partial charge is 0.465 e. The third-order valence-electron chi connectivity index (χ3n) is 7.29. The topological polar surface area (TPSA) is 167 Å². The first kappa shape index (κ1) is 51.9. The molecule has 0 saturated heterocycles. The number of esters is 6. The van der Waals surface area contributed by atoms with Gasteiger partial charge in [-0.1, -0.05) is 0 Å². The van der Waals surface area contributed by atoms with Gasteiger partial charge in [0.2, 0.25) is 0 Å². The van der Waals surface area contributed by atoms with E-state index in [2.05, 4.69) is 75.8 Å². The fraction of sp³-hybridized carbons (Fsp3) is 0.824. The molecule has 0 aromatic rings. The molecule has 0 aromatic carbocycles. The molecule has 0 rings (SSSR count). The summed E-state index contributed by atoms with van der Waals surface area (Å²) in [7, 11) is 0. The van der Waals surface area contributed by atoms with Gasteiger partial charge in [-0.2, -0.15) is 75.8 Å². The second kappa shape index (κ2) is 33.1. The summed E-state index contributed by atoms with van der Waals surface area (Å²) in [5.74, 6) is -0.560. The van der Waals surface area contributed by atoms with Crippen LogP contribution in [0, 0.1) is 10.8 Å². The molecule has 0 unspecified atom stereocenters. The number of hydrogen-bond donors (Lipinski definition) is 6. The minimum Gasteiger partial charge on any atom is -0.465 e. The molecule has 53 heavy (non-hydrogen) atoms. The third kappa shape index (κ3) is 27.2. The summed E-state index contributed by atoms with van der Waals surface area (Å²) < 4.78 is 39.7. The number of carbonyl (C=O) groups excluding carboxylic acids is 6. The van der Waals surface area contributed by atoms with Gasteiger partial charge in [-0.25, -0.2) is 0 Å². The van der Waals surface area contributed by atoms with E-state index in [0.29, 0.717) is 73.0 Å². The van der Waals surface area contributed by atoms with Crippen molar-refractivity contribution in [3.63, 3.8) is 0 Å². The Kier molecular flexibility index (Phi) is 32.4. The van der Waals surface area contributed by atoms with Gasteiger partial charge in [-0.3, -0.25) is 28.8 Å². The second-order valence-corrected chi connectivity index (χ2v) is 15.1. The van der Waals surface area contributed by atoms with Gasteiger partial charge in [0.15, 0.2) is 0 Å².